The molecule has 0 amide bonds. The molecule has 8 nitrogen and oxygen atoms in total. The van der Waals surface area contributed by atoms with Crippen LogP contribution in [0.1, 0.15) is 33.0 Å². The molecule has 0 spiro atoms. The van der Waals surface area contributed by atoms with Gasteiger partial charge >= 0.3 is 0 Å². The molecule has 1 unspecified atom stereocenters. The Morgan fingerprint density at radius 1 is 1.26 bits per heavy atom. The molecule has 0 saturated carbocycles. The fraction of sp³-hybridized carbons (Fsp3) is 0.444. The van der Waals surface area contributed by atoms with E-state index in [4.69, 9.17) is 4.42 Å². The van der Waals surface area contributed by atoms with Crippen LogP contribution in [0.25, 0.3) is 0 Å². The number of nitro benzene ring substituents is 1. The van der Waals surface area contributed by atoms with Gasteiger partial charge in [-0.2, -0.15) is 4.31 Å². The van der Waals surface area contributed by atoms with Gasteiger partial charge in [-0.05, 0) is 37.6 Å². The molecule has 0 aliphatic heterocycles. The first-order valence-corrected chi connectivity index (χ1v) is 10.3. The zero-order valence-electron chi connectivity index (χ0n) is 15.7. The number of hydrogen-bond donors (Lipinski definition) is 1. The second-order valence-corrected chi connectivity index (χ2v) is 8.13. The first-order chi connectivity index (χ1) is 12.8. The van der Waals surface area contributed by atoms with Gasteiger partial charge in [-0.1, -0.05) is 13.8 Å². The van der Waals surface area contributed by atoms with Crippen LogP contribution in [0.3, 0.4) is 0 Å². The van der Waals surface area contributed by atoms with Crippen LogP contribution in [0.2, 0.25) is 0 Å². The summed E-state index contributed by atoms with van der Waals surface area (Å²) in [5, 5.41) is 14.6. The molecule has 0 aliphatic carbocycles. The maximum atomic E-state index is 12.6. The first kappa shape index (κ1) is 20.9. The van der Waals surface area contributed by atoms with E-state index < -0.39 is 14.9 Å². The minimum absolute atomic E-state index is 0.0564. The van der Waals surface area contributed by atoms with Crippen LogP contribution in [0.4, 0.5) is 11.4 Å². The number of nitro groups is 1. The van der Waals surface area contributed by atoms with Crippen molar-refractivity contribution in [1.82, 2.24) is 4.31 Å². The molecule has 27 heavy (non-hydrogen) atoms. The SMILES string of the molecule is CCN(CC)S(=O)(=O)c1ccc(NC(C)CCc2ccco2)c([N+](=O)[O-])c1. The van der Waals surface area contributed by atoms with Crippen LogP contribution >= 0.6 is 0 Å². The van der Waals surface area contributed by atoms with Crippen molar-refractivity contribution in [2.45, 2.75) is 44.6 Å². The number of nitrogens with one attached hydrogen (secondary N) is 1. The van der Waals surface area contributed by atoms with Gasteiger partial charge in [-0.3, -0.25) is 10.1 Å². The fourth-order valence-corrected chi connectivity index (χ4v) is 4.29. The molecule has 1 aromatic carbocycles. The smallest absolute Gasteiger partial charge is 0.293 e. The number of anilines is 1. The average molecular weight is 395 g/mol. The van der Waals surface area contributed by atoms with E-state index in [1.165, 1.54) is 16.4 Å². The summed E-state index contributed by atoms with van der Waals surface area (Å²) >= 11 is 0. The molecule has 0 aliphatic rings. The van der Waals surface area contributed by atoms with Gasteiger partial charge in [0.05, 0.1) is 16.1 Å². The Kier molecular flexibility index (Phi) is 6.98. The third-order valence-electron chi connectivity index (χ3n) is 4.31. The van der Waals surface area contributed by atoms with Gasteiger partial charge in [0.2, 0.25) is 10.0 Å². The van der Waals surface area contributed by atoms with Gasteiger partial charge < -0.3 is 9.73 Å². The molecule has 2 rings (SSSR count). The van der Waals surface area contributed by atoms with Gasteiger partial charge in [0, 0.05) is 31.6 Å². The molecule has 0 bridgehead atoms. The Balaban J connectivity index is 2.21. The largest absolute Gasteiger partial charge is 0.469 e. The van der Waals surface area contributed by atoms with Crippen molar-refractivity contribution in [3.63, 3.8) is 0 Å². The minimum Gasteiger partial charge on any atom is -0.469 e. The number of nitrogens with zero attached hydrogens (tertiary/aromatic N) is 2. The van der Waals surface area contributed by atoms with Crippen molar-refractivity contribution in [3.05, 3.63) is 52.5 Å². The molecule has 1 aromatic heterocycles. The molecular weight excluding hydrogens is 370 g/mol. The highest BCUT2D eigenvalue weighted by atomic mass is 32.2. The number of furan rings is 1. The van der Waals surface area contributed by atoms with E-state index in [0.717, 1.165) is 11.8 Å². The van der Waals surface area contributed by atoms with Crippen LogP contribution in [-0.2, 0) is 16.4 Å². The Labute approximate surface area is 159 Å². The molecule has 1 heterocycles. The molecule has 9 heteroatoms. The number of sulfonamides is 1. The fourth-order valence-electron chi connectivity index (χ4n) is 2.81. The molecule has 0 saturated heterocycles. The van der Waals surface area contributed by atoms with E-state index in [9.17, 15) is 18.5 Å². The summed E-state index contributed by atoms with van der Waals surface area (Å²) < 4.78 is 31.8. The van der Waals surface area contributed by atoms with E-state index in [0.29, 0.717) is 31.6 Å². The monoisotopic (exact) mass is 395 g/mol. The molecule has 1 atom stereocenters. The van der Waals surface area contributed by atoms with Crippen molar-refractivity contribution < 1.29 is 17.8 Å². The first-order valence-electron chi connectivity index (χ1n) is 8.87. The quantitative estimate of drug-likeness (QED) is 0.486. The van der Waals surface area contributed by atoms with E-state index in [1.807, 2.05) is 19.1 Å². The van der Waals surface area contributed by atoms with E-state index in [-0.39, 0.29) is 16.6 Å². The van der Waals surface area contributed by atoms with E-state index in [1.54, 1.807) is 20.1 Å². The Morgan fingerprint density at radius 2 is 1.96 bits per heavy atom. The average Bonchev–Trinajstić information content (AvgIpc) is 3.14. The lowest BCUT2D eigenvalue weighted by Crippen LogP contribution is -2.30. The van der Waals surface area contributed by atoms with Crippen LogP contribution < -0.4 is 5.32 Å². The van der Waals surface area contributed by atoms with E-state index in [2.05, 4.69) is 5.32 Å². The second-order valence-electron chi connectivity index (χ2n) is 6.19. The summed E-state index contributed by atoms with van der Waals surface area (Å²) in [5.74, 6) is 0.846. The normalized spacial score (nSPS) is 12.9. The lowest BCUT2D eigenvalue weighted by Gasteiger charge is -2.19. The molecular formula is C18H25N3O5S. The van der Waals surface area contributed by atoms with Crippen molar-refractivity contribution >= 4 is 21.4 Å². The maximum absolute atomic E-state index is 12.6. The van der Waals surface area contributed by atoms with Crippen LogP contribution in [0.5, 0.6) is 0 Å². The van der Waals surface area contributed by atoms with Gasteiger partial charge in [-0.15, -0.1) is 0 Å². The molecule has 1 N–H and O–H groups in total. The summed E-state index contributed by atoms with van der Waals surface area (Å²) in [5.41, 5.74) is 0.0403. The van der Waals surface area contributed by atoms with Crippen molar-refractivity contribution in [1.29, 1.82) is 0 Å². The molecule has 148 valence electrons. The number of benzene rings is 1. The summed E-state index contributed by atoms with van der Waals surface area (Å²) in [6, 6.07) is 7.61. The molecule has 0 radical (unpaired) electrons. The van der Waals surface area contributed by atoms with Crippen molar-refractivity contribution in [2.75, 3.05) is 18.4 Å². The standard InChI is InChI=1S/C18H25N3O5S/c1-4-20(5-2)27(24,25)16-10-11-17(18(13-16)21(22)23)19-14(3)8-9-15-7-6-12-26-15/h6-7,10-14,19H,4-5,8-9H2,1-3H3. The second kappa shape index (κ2) is 9.01. The minimum atomic E-state index is -3.75. The lowest BCUT2D eigenvalue weighted by molar-refractivity contribution is -0.384. The summed E-state index contributed by atoms with van der Waals surface area (Å²) in [4.78, 5) is 10.8. The topological polar surface area (TPSA) is 106 Å². The van der Waals surface area contributed by atoms with Crippen LogP contribution in [0, 0.1) is 10.1 Å². The van der Waals surface area contributed by atoms with E-state index >= 15 is 0 Å². The summed E-state index contributed by atoms with van der Waals surface area (Å²) in [7, 11) is -3.75. The predicted octanol–water partition coefficient (Wildman–Crippen LogP) is 3.65. The van der Waals surface area contributed by atoms with Crippen molar-refractivity contribution in [2.24, 2.45) is 0 Å². The Morgan fingerprint density at radius 3 is 2.52 bits per heavy atom. The number of aryl methyl sites for hydroxylation is 1. The number of hydrogen-bond acceptors (Lipinski definition) is 6. The zero-order chi connectivity index (χ0) is 20.0. The Hall–Kier alpha value is -2.39. The predicted molar refractivity (Wildman–Crippen MR) is 103 cm³/mol. The zero-order valence-corrected chi connectivity index (χ0v) is 16.5. The summed E-state index contributed by atoms with van der Waals surface area (Å²) in [6.45, 7) is 5.97. The Bertz CT molecular complexity index is 861. The highest BCUT2D eigenvalue weighted by Gasteiger charge is 2.26. The van der Waals surface area contributed by atoms with Gasteiger partial charge in [0.25, 0.3) is 5.69 Å². The van der Waals surface area contributed by atoms with Crippen LogP contribution in [-0.4, -0.2) is 36.8 Å². The summed E-state index contributed by atoms with van der Waals surface area (Å²) in [6.07, 6.45) is 3.01. The lowest BCUT2D eigenvalue weighted by atomic mass is 10.1. The highest BCUT2D eigenvalue weighted by molar-refractivity contribution is 7.89. The molecule has 2 aromatic rings. The van der Waals surface area contributed by atoms with Gasteiger partial charge in [0.1, 0.15) is 11.4 Å². The van der Waals surface area contributed by atoms with Gasteiger partial charge in [-0.25, -0.2) is 8.42 Å². The third kappa shape index (κ3) is 5.08. The van der Waals surface area contributed by atoms with Crippen LogP contribution in [0.15, 0.2) is 45.9 Å². The van der Waals surface area contributed by atoms with Crippen molar-refractivity contribution in [3.8, 4) is 0 Å². The highest BCUT2D eigenvalue weighted by Crippen LogP contribution is 2.30. The third-order valence-corrected chi connectivity index (χ3v) is 6.36. The number of rotatable bonds is 10. The van der Waals surface area contributed by atoms with Gasteiger partial charge in [0.15, 0.2) is 0 Å². The molecule has 0 fully saturated rings. The maximum Gasteiger partial charge on any atom is 0.293 e.